The summed E-state index contributed by atoms with van der Waals surface area (Å²) in [6.45, 7) is 4.00. The lowest BCUT2D eigenvalue weighted by Gasteiger charge is -2.39. The Labute approximate surface area is 172 Å². The number of hydrogen-bond donors (Lipinski definition) is 2. The Kier molecular flexibility index (Phi) is 7.58. The number of ether oxygens (including phenoxy) is 4. The predicted octanol–water partition coefficient (Wildman–Crippen LogP) is 2.64. The van der Waals surface area contributed by atoms with Crippen LogP contribution < -0.4 is 24.8 Å². The van der Waals surface area contributed by atoms with E-state index in [0.717, 1.165) is 57.7 Å². The molecule has 28 heavy (non-hydrogen) atoms. The van der Waals surface area contributed by atoms with E-state index < -0.39 is 0 Å². The van der Waals surface area contributed by atoms with Gasteiger partial charge in [0.15, 0.2) is 16.6 Å². The molecule has 2 saturated heterocycles. The molecular formula is C20H31N3O4S. The van der Waals surface area contributed by atoms with Gasteiger partial charge in [-0.1, -0.05) is 0 Å². The van der Waals surface area contributed by atoms with Gasteiger partial charge in [-0.3, -0.25) is 0 Å². The minimum Gasteiger partial charge on any atom is -0.493 e. The standard InChI is InChI=1S/C20H31N3O4S/c1-24-17-12-15(13-18(25-2)19(17)26-3)22-20(28)21-14-4-8-23(9-5-14)16-6-10-27-11-7-16/h12-14,16H,4-11H2,1-3H3,(H2,21,22,28). The first-order valence-corrected chi connectivity index (χ1v) is 10.2. The molecule has 156 valence electrons. The highest BCUT2D eigenvalue weighted by atomic mass is 32.1. The maximum absolute atomic E-state index is 5.53. The summed E-state index contributed by atoms with van der Waals surface area (Å²) in [7, 11) is 4.79. The molecule has 2 N–H and O–H groups in total. The van der Waals surface area contributed by atoms with Gasteiger partial charge in [-0.25, -0.2) is 0 Å². The fraction of sp³-hybridized carbons (Fsp3) is 0.650. The number of piperidine rings is 1. The molecule has 0 unspecified atom stereocenters. The fourth-order valence-corrected chi connectivity index (χ4v) is 4.25. The smallest absolute Gasteiger partial charge is 0.203 e. The van der Waals surface area contributed by atoms with E-state index in [1.165, 1.54) is 0 Å². The molecule has 2 fully saturated rings. The molecule has 0 saturated carbocycles. The largest absolute Gasteiger partial charge is 0.493 e. The molecule has 1 aromatic carbocycles. The summed E-state index contributed by atoms with van der Waals surface area (Å²) in [5, 5.41) is 7.30. The lowest BCUT2D eigenvalue weighted by molar-refractivity contribution is 0.0247. The number of anilines is 1. The number of methoxy groups -OCH3 is 3. The first-order valence-electron chi connectivity index (χ1n) is 9.84. The van der Waals surface area contributed by atoms with Gasteiger partial charge in [0.05, 0.1) is 21.3 Å². The molecule has 8 heteroatoms. The Hall–Kier alpha value is -1.77. The normalized spacial score (nSPS) is 19.1. The van der Waals surface area contributed by atoms with Crippen molar-refractivity contribution in [3.63, 3.8) is 0 Å². The minimum atomic E-state index is 0.387. The van der Waals surface area contributed by atoms with E-state index in [9.17, 15) is 0 Å². The second-order valence-electron chi connectivity index (χ2n) is 7.17. The zero-order chi connectivity index (χ0) is 19.9. The highest BCUT2D eigenvalue weighted by Gasteiger charge is 2.26. The Morgan fingerprint density at radius 3 is 2.14 bits per heavy atom. The SMILES string of the molecule is COc1cc(NC(=S)NC2CCN(C3CCOCC3)CC2)cc(OC)c1OC. The van der Waals surface area contributed by atoms with Crippen LogP contribution in [0.25, 0.3) is 0 Å². The van der Waals surface area contributed by atoms with Gasteiger partial charge in [-0.2, -0.15) is 0 Å². The van der Waals surface area contributed by atoms with Crippen LogP contribution >= 0.6 is 12.2 Å². The van der Waals surface area contributed by atoms with Gasteiger partial charge in [0.2, 0.25) is 5.75 Å². The third-order valence-electron chi connectivity index (χ3n) is 5.49. The fourth-order valence-electron chi connectivity index (χ4n) is 3.97. The average Bonchev–Trinajstić information content (AvgIpc) is 2.74. The summed E-state index contributed by atoms with van der Waals surface area (Å²) >= 11 is 5.53. The van der Waals surface area contributed by atoms with Crippen LogP contribution in [0.4, 0.5) is 5.69 Å². The van der Waals surface area contributed by atoms with E-state index in [-0.39, 0.29) is 0 Å². The number of nitrogens with zero attached hydrogens (tertiary/aromatic N) is 1. The summed E-state index contributed by atoms with van der Waals surface area (Å²) in [6.07, 6.45) is 4.49. The molecular weight excluding hydrogens is 378 g/mol. The van der Waals surface area contributed by atoms with Crippen molar-refractivity contribution in [2.24, 2.45) is 0 Å². The Morgan fingerprint density at radius 1 is 1.00 bits per heavy atom. The lowest BCUT2D eigenvalue weighted by atomic mass is 10.00. The number of rotatable bonds is 6. The zero-order valence-electron chi connectivity index (χ0n) is 17.0. The van der Waals surface area contributed by atoms with Crippen LogP contribution in [0.1, 0.15) is 25.7 Å². The first-order chi connectivity index (χ1) is 13.6. The molecule has 0 amide bonds. The van der Waals surface area contributed by atoms with Crippen LogP contribution in [-0.4, -0.2) is 69.7 Å². The van der Waals surface area contributed by atoms with Crippen LogP contribution in [0.3, 0.4) is 0 Å². The van der Waals surface area contributed by atoms with Crippen molar-refractivity contribution in [3.05, 3.63) is 12.1 Å². The monoisotopic (exact) mass is 409 g/mol. The van der Waals surface area contributed by atoms with Gasteiger partial charge >= 0.3 is 0 Å². The van der Waals surface area contributed by atoms with E-state index in [2.05, 4.69) is 15.5 Å². The van der Waals surface area contributed by atoms with Gasteiger partial charge in [-0.15, -0.1) is 0 Å². The second kappa shape index (κ2) is 10.1. The number of likely N-dealkylation sites (tertiary alicyclic amines) is 1. The van der Waals surface area contributed by atoms with Crippen molar-refractivity contribution >= 4 is 23.0 Å². The number of benzene rings is 1. The topological polar surface area (TPSA) is 64.2 Å². The second-order valence-corrected chi connectivity index (χ2v) is 7.57. The third kappa shape index (κ3) is 5.18. The van der Waals surface area contributed by atoms with Crippen LogP contribution in [-0.2, 0) is 4.74 Å². The molecule has 2 aliphatic rings. The predicted molar refractivity (Wildman–Crippen MR) is 114 cm³/mol. The third-order valence-corrected chi connectivity index (χ3v) is 5.71. The van der Waals surface area contributed by atoms with Crippen molar-refractivity contribution in [1.29, 1.82) is 0 Å². The summed E-state index contributed by atoms with van der Waals surface area (Å²) < 4.78 is 21.6. The summed E-state index contributed by atoms with van der Waals surface area (Å²) in [6, 6.07) is 4.77. The van der Waals surface area contributed by atoms with Crippen LogP contribution in [0, 0.1) is 0 Å². The Bertz CT molecular complexity index is 634. The maximum Gasteiger partial charge on any atom is 0.203 e. The highest BCUT2D eigenvalue weighted by Crippen LogP contribution is 2.39. The van der Waals surface area contributed by atoms with Crippen molar-refractivity contribution in [2.45, 2.75) is 37.8 Å². The van der Waals surface area contributed by atoms with Gasteiger partial charge in [0.1, 0.15) is 0 Å². The molecule has 3 rings (SSSR count). The number of hydrogen-bond acceptors (Lipinski definition) is 6. The average molecular weight is 410 g/mol. The van der Waals surface area contributed by atoms with E-state index >= 15 is 0 Å². The van der Waals surface area contributed by atoms with Gasteiger partial charge in [0, 0.05) is 56.2 Å². The van der Waals surface area contributed by atoms with E-state index in [1.54, 1.807) is 21.3 Å². The summed E-state index contributed by atoms with van der Waals surface area (Å²) in [5.74, 6) is 1.75. The minimum absolute atomic E-state index is 0.387. The summed E-state index contributed by atoms with van der Waals surface area (Å²) in [4.78, 5) is 2.61. The van der Waals surface area contributed by atoms with Crippen molar-refractivity contribution in [3.8, 4) is 17.2 Å². The maximum atomic E-state index is 5.53. The zero-order valence-corrected chi connectivity index (χ0v) is 17.8. The first kappa shape index (κ1) is 21.0. The molecule has 0 bridgehead atoms. The lowest BCUT2D eigenvalue weighted by Crippen LogP contribution is -2.49. The number of thiocarbonyl (C=S) groups is 1. The molecule has 7 nitrogen and oxygen atoms in total. The highest BCUT2D eigenvalue weighted by molar-refractivity contribution is 7.80. The van der Waals surface area contributed by atoms with E-state index in [1.807, 2.05) is 12.1 Å². The van der Waals surface area contributed by atoms with Gasteiger partial charge in [-0.05, 0) is 37.9 Å². The molecule has 2 aliphatic heterocycles. The van der Waals surface area contributed by atoms with Gasteiger partial charge < -0.3 is 34.5 Å². The van der Waals surface area contributed by atoms with Crippen molar-refractivity contribution in [1.82, 2.24) is 10.2 Å². The van der Waals surface area contributed by atoms with Crippen LogP contribution in [0.15, 0.2) is 12.1 Å². The Balaban J connectivity index is 1.52. The Morgan fingerprint density at radius 2 is 1.61 bits per heavy atom. The molecule has 0 atom stereocenters. The van der Waals surface area contributed by atoms with Gasteiger partial charge in [0.25, 0.3) is 0 Å². The van der Waals surface area contributed by atoms with E-state index in [0.29, 0.717) is 34.4 Å². The van der Waals surface area contributed by atoms with Crippen molar-refractivity contribution in [2.75, 3.05) is 52.9 Å². The molecule has 0 radical (unpaired) electrons. The molecule has 2 heterocycles. The molecule has 0 aromatic heterocycles. The van der Waals surface area contributed by atoms with Crippen LogP contribution in [0.2, 0.25) is 0 Å². The van der Waals surface area contributed by atoms with E-state index in [4.69, 9.17) is 31.2 Å². The number of nitrogens with one attached hydrogen (secondary N) is 2. The quantitative estimate of drug-likeness (QED) is 0.696. The summed E-state index contributed by atoms with van der Waals surface area (Å²) in [5.41, 5.74) is 0.798. The molecule has 1 aromatic rings. The molecule has 0 aliphatic carbocycles. The molecule has 0 spiro atoms. The van der Waals surface area contributed by atoms with Crippen molar-refractivity contribution < 1.29 is 18.9 Å². The van der Waals surface area contributed by atoms with Crippen LogP contribution in [0.5, 0.6) is 17.2 Å².